The molecule has 0 saturated heterocycles. The van der Waals surface area contributed by atoms with Gasteiger partial charge in [-0.3, -0.25) is 4.79 Å². The highest BCUT2D eigenvalue weighted by Gasteiger charge is 2.36. The SMILES string of the molecule is O=c1[nH]nc(C(F)(F)F)c2cn(-c3ccccc3)nc12. The lowest BCUT2D eigenvalue weighted by Crippen LogP contribution is -2.16. The fraction of sp³-hybridized carbons (Fsp3) is 0.0833. The Bertz CT molecular complexity index is 820. The minimum absolute atomic E-state index is 0.295. The summed E-state index contributed by atoms with van der Waals surface area (Å²) in [4.78, 5) is 11.5. The van der Waals surface area contributed by atoms with Crippen LogP contribution in [-0.4, -0.2) is 20.0 Å². The van der Waals surface area contributed by atoms with Gasteiger partial charge >= 0.3 is 6.18 Å². The van der Waals surface area contributed by atoms with Crippen molar-refractivity contribution >= 4 is 10.9 Å². The lowest BCUT2D eigenvalue weighted by Gasteiger charge is -2.04. The highest BCUT2D eigenvalue weighted by molar-refractivity contribution is 5.80. The van der Waals surface area contributed by atoms with E-state index in [2.05, 4.69) is 10.2 Å². The molecule has 3 rings (SSSR count). The highest BCUT2D eigenvalue weighted by atomic mass is 19.4. The molecular weight excluding hydrogens is 273 g/mol. The van der Waals surface area contributed by atoms with Crippen molar-refractivity contribution in [3.05, 3.63) is 52.6 Å². The Kier molecular flexibility index (Phi) is 2.60. The molecular formula is C12H7F3N4O. The van der Waals surface area contributed by atoms with Gasteiger partial charge in [0.15, 0.2) is 11.2 Å². The average molecular weight is 280 g/mol. The number of fused-ring (bicyclic) bond motifs is 1. The third kappa shape index (κ3) is 1.94. The fourth-order valence-electron chi connectivity index (χ4n) is 1.86. The number of benzene rings is 1. The van der Waals surface area contributed by atoms with Crippen molar-refractivity contribution in [1.29, 1.82) is 0 Å². The van der Waals surface area contributed by atoms with Crippen LogP contribution in [0.5, 0.6) is 0 Å². The van der Waals surface area contributed by atoms with Crippen molar-refractivity contribution in [2.45, 2.75) is 6.18 Å². The van der Waals surface area contributed by atoms with Gasteiger partial charge in [-0.25, -0.2) is 9.78 Å². The molecule has 0 bridgehead atoms. The highest BCUT2D eigenvalue weighted by Crippen LogP contribution is 2.31. The van der Waals surface area contributed by atoms with Crippen LogP contribution in [0.15, 0.2) is 41.3 Å². The number of aromatic amines is 1. The fourth-order valence-corrected chi connectivity index (χ4v) is 1.86. The molecule has 3 aromatic rings. The number of hydrogen-bond acceptors (Lipinski definition) is 3. The molecule has 0 fully saturated rings. The molecule has 1 N–H and O–H groups in total. The van der Waals surface area contributed by atoms with E-state index in [0.717, 1.165) is 6.20 Å². The minimum atomic E-state index is -4.66. The van der Waals surface area contributed by atoms with Crippen LogP contribution in [0.4, 0.5) is 13.2 Å². The number of rotatable bonds is 1. The maximum atomic E-state index is 12.8. The van der Waals surface area contributed by atoms with E-state index >= 15 is 0 Å². The summed E-state index contributed by atoms with van der Waals surface area (Å²) in [5.74, 6) is 0. The van der Waals surface area contributed by atoms with Crippen molar-refractivity contribution in [2.24, 2.45) is 0 Å². The van der Waals surface area contributed by atoms with E-state index in [1.54, 1.807) is 30.3 Å². The third-order valence-electron chi connectivity index (χ3n) is 2.74. The van der Waals surface area contributed by atoms with Crippen molar-refractivity contribution in [3.63, 3.8) is 0 Å². The molecule has 0 aliphatic heterocycles. The van der Waals surface area contributed by atoms with Crippen LogP contribution in [-0.2, 0) is 6.18 Å². The van der Waals surface area contributed by atoms with E-state index in [9.17, 15) is 18.0 Å². The normalized spacial score (nSPS) is 11.9. The zero-order valence-corrected chi connectivity index (χ0v) is 9.85. The molecule has 2 heterocycles. The minimum Gasteiger partial charge on any atom is -0.265 e. The summed E-state index contributed by atoms with van der Waals surface area (Å²) >= 11 is 0. The number of halogens is 3. The molecule has 5 nitrogen and oxygen atoms in total. The third-order valence-corrected chi connectivity index (χ3v) is 2.74. The molecule has 102 valence electrons. The van der Waals surface area contributed by atoms with Crippen LogP contribution in [0.3, 0.4) is 0 Å². The predicted molar refractivity (Wildman–Crippen MR) is 64.5 cm³/mol. The summed E-state index contributed by atoms with van der Waals surface area (Å²) in [6.07, 6.45) is -3.51. The Morgan fingerprint density at radius 3 is 2.50 bits per heavy atom. The number of H-pyrrole nitrogens is 1. The van der Waals surface area contributed by atoms with Gasteiger partial charge in [-0.05, 0) is 12.1 Å². The van der Waals surface area contributed by atoms with Gasteiger partial charge in [0.25, 0.3) is 5.56 Å². The molecule has 0 amide bonds. The molecule has 0 aliphatic rings. The van der Waals surface area contributed by atoms with Crippen LogP contribution in [0.1, 0.15) is 5.69 Å². The number of nitrogens with zero attached hydrogens (tertiary/aromatic N) is 3. The monoisotopic (exact) mass is 280 g/mol. The zero-order valence-electron chi connectivity index (χ0n) is 9.85. The number of para-hydroxylation sites is 1. The second kappa shape index (κ2) is 4.19. The van der Waals surface area contributed by atoms with Crippen LogP contribution in [0.25, 0.3) is 16.6 Å². The van der Waals surface area contributed by atoms with E-state index in [4.69, 9.17) is 0 Å². The first-order chi connectivity index (χ1) is 9.47. The molecule has 1 aromatic carbocycles. The van der Waals surface area contributed by atoms with E-state index < -0.39 is 17.4 Å². The lowest BCUT2D eigenvalue weighted by molar-refractivity contribution is -0.140. The summed E-state index contributed by atoms with van der Waals surface area (Å²) in [7, 11) is 0. The smallest absolute Gasteiger partial charge is 0.265 e. The zero-order chi connectivity index (χ0) is 14.3. The average Bonchev–Trinajstić information content (AvgIpc) is 2.84. The van der Waals surface area contributed by atoms with Gasteiger partial charge in [-0.2, -0.15) is 23.4 Å². The van der Waals surface area contributed by atoms with Gasteiger partial charge in [0.05, 0.1) is 11.1 Å². The molecule has 0 aliphatic carbocycles. The topological polar surface area (TPSA) is 63.6 Å². The molecule has 8 heteroatoms. The van der Waals surface area contributed by atoms with Gasteiger partial charge in [-0.15, -0.1) is 0 Å². The number of aromatic nitrogens is 4. The Morgan fingerprint density at radius 1 is 1.15 bits per heavy atom. The summed E-state index contributed by atoms with van der Waals surface area (Å²) in [5, 5.41) is 8.44. The van der Waals surface area contributed by atoms with E-state index in [1.807, 2.05) is 5.10 Å². The number of hydrogen-bond donors (Lipinski definition) is 1. The maximum Gasteiger partial charge on any atom is 0.435 e. The molecule has 0 radical (unpaired) electrons. The maximum absolute atomic E-state index is 12.8. The summed E-state index contributed by atoms with van der Waals surface area (Å²) in [6.45, 7) is 0. The van der Waals surface area contributed by atoms with Gasteiger partial charge in [0, 0.05) is 6.20 Å². The Morgan fingerprint density at radius 2 is 1.85 bits per heavy atom. The Labute approximate surface area is 109 Å². The predicted octanol–water partition coefficient (Wildman–Crippen LogP) is 2.13. The van der Waals surface area contributed by atoms with Gasteiger partial charge in [0.1, 0.15) is 0 Å². The largest absolute Gasteiger partial charge is 0.435 e. The first kappa shape index (κ1) is 12.4. The summed E-state index contributed by atoms with van der Waals surface area (Å²) in [5.41, 5.74) is -1.66. The molecule has 0 atom stereocenters. The quantitative estimate of drug-likeness (QED) is 0.742. The number of nitrogens with one attached hydrogen (secondary N) is 1. The van der Waals surface area contributed by atoms with Crippen molar-refractivity contribution < 1.29 is 13.2 Å². The van der Waals surface area contributed by atoms with Crippen molar-refractivity contribution in [1.82, 2.24) is 20.0 Å². The van der Waals surface area contributed by atoms with Crippen LogP contribution < -0.4 is 5.56 Å². The molecule has 0 spiro atoms. The Balaban J connectivity index is 2.31. The molecule has 20 heavy (non-hydrogen) atoms. The molecule has 2 aromatic heterocycles. The van der Waals surface area contributed by atoms with E-state index in [1.165, 1.54) is 4.68 Å². The molecule has 0 saturated carbocycles. The first-order valence-electron chi connectivity index (χ1n) is 5.57. The second-order valence-electron chi connectivity index (χ2n) is 4.07. The molecule has 0 unspecified atom stereocenters. The standard InChI is InChI=1S/C12H7F3N4O/c13-12(14,15)10-8-6-19(7-4-2-1-3-5-7)18-9(8)11(20)17-16-10/h1-6H,(H,17,20). The van der Waals surface area contributed by atoms with E-state index in [-0.39, 0.29) is 10.9 Å². The van der Waals surface area contributed by atoms with E-state index in [0.29, 0.717) is 5.69 Å². The lowest BCUT2D eigenvalue weighted by atomic mass is 10.2. The summed E-state index contributed by atoms with van der Waals surface area (Å²) in [6, 6.07) is 8.54. The van der Waals surface area contributed by atoms with Crippen LogP contribution in [0.2, 0.25) is 0 Å². The number of alkyl halides is 3. The van der Waals surface area contributed by atoms with Crippen molar-refractivity contribution in [2.75, 3.05) is 0 Å². The van der Waals surface area contributed by atoms with Gasteiger partial charge in [-0.1, -0.05) is 18.2 Å². The summed E-state index contributed by atoms with van der Waals surface area (Å²) < 4.78 is 39.7. The van der Waals surface area contributed by atoms with Crippen LogP contribution >= 0.6 is 0 Å². The van der Waals surface area contributed by atoms with Crippen LogP contribution in [0, 0.1) is 0 Å². The second-order valence-corrected chi connectivity index (χ2v) is 4.07. The van der Waals surface area contributed by atoms with Gasteiger partial charge < -0.3 is 0 Å². The first-order valence-corrected chi connectivity index (χ1v) is 5.57. The van der Waals surface area contributed by atoms with Crippen molar-refractivity contribution in [3.8, 4) is 5.69 Å². The van der Waals surface area contributed by atoms with Gasteiger partial charge in [0.2, 0.25) is 0 Å². The Hall–Kier alpha value is -2.64.